The topological polar surface area (TPSA) is 4.93 Å². The fourth-order valence-corrected chi connectivity index (χ4v) is 6.01. The molecule has 0 bridgehead atoms. The number of nitrogens with zero attached hydrogens (tertiary/aromatic N) is 1. The van der Waals surface area contributed by atoms with Crippen LogP contribution in [0.1, 0.15) is 30.9 Å². The number of halogens is 2. The summed E-state index contributed by atoms with van der Waals surface area (Å²) in [6.45, 7) is 4.44. The molecule has 2 aromatic carbocycles. The van der Waals surface area contributed by atoms with Gasteiger partial charge in [0.1, 0.15) is 0 Å². The van der Waals surface area contributed by atoms with E-state index in [2.05, 4.69) is 86.1 Å². The van der Waals surface area contributed by atoms with Crippen LogP contribution in [0.5, 0.6) is 0 Å². The predicted molar refractivity (Wildman–Crippen MR) is 105 cm³/mol. The van der Waals surface area contributed by atoms with Gasteiger partial charge in [-0.1, -0.05) is 0 Å². The molecule has 0 saturated heterocycles. The molecule has 1 nitrogen and oxygen atoms in total. The van der Waals surface area contributed by atoms with Crippen LogP contribution in [-0.4, -0.2) is 4.57 Å². The quantitative estimate of drug-likeness (QED) is 0.459. The van der Waals surface area contributed by atoms with Gasteiger partial charge in [0.15, 0.2) is 0 Å². The summed E-state index contributed by atoms with van der Waals surface area (Å²) < 4.78 is 3.89. The van der Waals surface area contributed by atoms with E-state index in [0.717, 1.165) is 0 Å². The van der Waals surface area contributed by atoms with Gasteiger partial charge >= 0.3 is 170 Å². The van der Waals surface area contributed by atoms with Crippen LogP contribution < -0.4 is 24.8 Å². The van der Waals surface area contributed by atoms with Crippen molar-refractivity contribution in [1.29, 1.82) is 0 Å². The third kappa shape index (κ3) is 2.85. The van der Waals surface area contributed by atoms with Gasteiger partial charge in [-0.25, -0.2) is 0 Å². The van der Waals surface area contributed by atoms with Gasteiger partial charge in [-0.15, -0.1) is 0 Å². The van der Waals surface area contributed by atoms with Crippen LogP contribution in [0.2, 0.25) is 0 Å². The van der Waals surface area contributed by atoms with E-state index >= 15 is 0 Å². The number of benzene rings is 2. The average Bonchev–Trinajstić information content (AvgIpc) is 3.27. The molecule has 1 heterocycles. The van der Waals surface area contributed by atoms with E-state index in [1.165, 1.54) is 78.0 Å². The van der Waals surface area contributed by atoms with Crippen LogP contribution in [0, 0.1) is 0 Å². The zero-order valence-electron chi connectivity index (χ0n) is 16.1. The average molecular weight is 485 g/mol. The monoisotopic (exact) mass is 482 g/mol. The molecule has 5 rings (SSSR count). The Balaban J connectivity index is 0.00000112. The number of aromatic nitrogens is 1. The summed E-state index contributed by atoms with van der Waals surface area (Å²) >= 11 is 1.50. The van der Waals surface area contributed by atoms with Crippen molar-refractivity contribution < 1.29 is 49.5 Å². The van der Waals surface area contributed by atoms with Crippen LogP contribution in [0.4, 0.5) is 0 Å². The molecule has 0 radical (unpaired) electrons. The second-order valence-electron chi connectivity index (χ2n) is 7.44. The van der Waals surface area contributed by atoms with Gasteiger partial charge in [0.25, 0.3) is 0 Å². The Morgan fingerprint density at radius 3 is 2.32 bits per heavy atom. The van der Waals surface area contributed by atoms with Crippen LogP contribution in [0.3, 0.4) is 0 Å². The van der Waals surface area contributed by atoms with Gasteiger partial charge in [0, 0.05) is 0 Å². The van der Waals surface area contributed by atoms with Crippen LogP contribution >= 0.6 is 0 Å². The molecule has 139 valence electrons. The summed E-state index contributed by atoms with van der Waals surface area (Å²) in [4.78, 5) is 0. The smallest absolute Gasteiger partial charge is 1.00 e. The largest absolute Gasteiger partial charge is 1.00 e. The van der Waals surface area contributed by atoms with Gasteiger partial charge in [-0.05, 0) is 0 Å². The van der Waals surface area contributed by atoms with E-state index in [0.29, 0.717) is 5.92 Å². The molecular formula is C24H20Cl2NZr. The second kappa shape index (κ2) is 7.83. The summed E-state index contributed by atoms with van der Waals surface area (Å²) in [5, 5.41) is 1.39. The molecular weight excluding hydrogens is 464 g/mol. The number of hydrogen-bond acceptors (Lipinski definition) is 0. The van der Waals surface area contributed by atoms with E-state index in [1.54, 1.807) is 0 Å². The maximum Gasteiger partial charge on any atom is -1.00 e. The molecule has 0 aliphatic heterocycles. The van der Waals surface area contributed by atoms with E-state index in [9.17, 15) is 0 Å². The number of allylic oxidation sites excluding steroid dienone is 6. The molecule has 3 aromatic rings. The second-order valence-corrected chi connectivity index (χ2v) is 8.67. The number of aryl methyl sites for hydroxylation is 1. The third-order valence-corrected chi connectivity index (χ3v) is 7.17. The van der Waals surface area contributed by atoms with Crippen molar-refractivity contribution in [2.45, 2.75) is 19.8 Å². The molecule has 4 heteroatoms. The number of fused-ring (bicyclic) bond motifs is 5. The molecule has 1 unspecified atom stereocenters. The third-order valence-electron chi connectivity index (χ3n) is 5.80. The van der Waals surface area contributed by atoms with Crippen molar-refractivity contribution in [2.24, 2.45) is 7.05 Å². The first-order valence-electron chi connectivity index (χ1n) is 9.08. The first-order valence-corrected chi connectivity index (χ1v) is 10.3. The molecule has 28 heavy (non-hydrogen) atoms. The molecule has 0 fully saturated rings. The Morgan fingerprint density at radius 1 is 0.929 bits per heavy atom. The molecule has 0 N–H and O–H groups in total. The molecule has 2 aliphatic carbocycles. The van der Waals surface area contributed by atoms with E-state index in [-0.39, 0.29) is 24.8 Å². The molecule has 1 aromatic heterocycles. The van der Waals surface area contributed by atoms with Gasteiger partial charge in [-0.2, -0.15) is 0 Å². The Morgan fingerprint density at radius 2 is 1.61 bits per heavy atom. The van der Waals surface area contributed by atoms with Crippen molar-refractivity contribution in [3.63, 3.8) is 0 Å². The van der Waals surface area contributed by atoms with Crippen LogP contribution in [0.15, 0.2) is 80.7 Å². The fraction of sp³-hybridized carbons (Fsp3) is 0.167. The molecule has 0 spiro atoms. The Hall–Kier alpha value is -1.34. The fourth-order valence-electron chi connectivity index (χ4n) is 4.64. The summed E-state index contributed by atoms with van der Waals surface area (Å²) in [6.07, 6.45) is 4.69. The SMILES string of the molecule is CC(C)=C1C=CC(C2c3ccccc3-c3c2c2ccccc2n3C)=[C]1[Zr+2].[Cl-].[Cl-]. The zero-order valence-corrected chi connectivity index (χ0v) is 20.0. The summed E-state index contributed by atoms with van der Waals surface area (Å²) in [6, 6.07) is 17.8. The first-order chi connectivity index (χ1) is 12.6. The van der Waals surface area contributed by atoms with Crippen molar-refractivity contribution >= 4 is 10.9 Å². The number of hydrogen-bond donors (Lipinski definition) is 0. The Kier molecular flexibility index (Phi) is 5.97. The normalized spacial score (nSPS) is 16.8. The molecule has 1 atom stereocenters. The van der Waals surface area contributed by atoms with Gasteiger partial charge in [0.2, 0.25) is 0 Å². The summed E-state index contributed by atoms with van der Waals surface area (Å²) in [5.74, 6) is 0.342. The number of para-hydroxylation sites is 1. The molecule has 0 amide bonds. The maximum atomic E-state index is 2.38. The van der Waals surface area contributed by atoms with Crippen molar-refractivity contribution in [3.05, 3.63) is 91.8 Å². The number of rotatable bonds is 1. The molecule has 2 aliphatic rings. The van der Waals surface area contributed by atoms with Crippen LogP contribution in [-0.2, 0) is 31.8 Å². The maximum absolute atomic E-state index is 2.38. The minimum Gasteiger partial charge on any atom is -1.00 e. The summed E-state index contributed by atoms with van der Waals surface area (Å²) in [5.41, 5.74) is 11.4. The van der Waals surface area contributed by atoms with Crippen molar-refractivity contribution in [2.75, 3.05) is 0 Å². The zero-order chi connectivity index (χ0) is 18.0. The van der Waals surface area contributed by atoms with Gasteiger partial charge < -0.3 is 24.8 Å². The standard InChI is InChI=1S/C24H20N.2ClH.Zr/c1-15(2)16-12-13-17(14-16)22-18-8-4-5-9-19(18)24-23(22)20-10-6-7-11-21(20)25(24)3;;;/h4-13,22H,1-3H3;2*1H;/q;;;+2/p-2. The van der Waals surface area contributed by atoms with Crippen molar-refractivity contribution in [1.82, 2.24) is 4.57 Å². The molecule has 0 saturated carbocycles. The van der Waals surface area contributed by atoms with E-state index in [1.807, 2.05) is 0 Å². The first kappa shape index (κ1) is 21.4. The minimum absolute atomic E-state index is 0. The summed E-state index contributed by atoms with van der Waals surface area (Å²) in [7, 11) is 2.21. The Bertz CT molecular complexity index is 1180. The van der Waals surface area contributed by atoms with E-state index in [4.69, 9.17) is 0 Å². The minimum atomic E-state index is 0. The van der Waals surface area contributed by atoms with Crippen LogP contribution in [0.25, 0.3) is 22.2 Å². The van der Waals surface area contributed by atoms with Crippen molar-refractivity contribution in [3.8, 4) is 11.3 Å². The van der Waals surface area contributed by atoms with E-state index < -0.39 is 0 Å². The predicted octanol–water partition coefficient (Wildman–Crippen LogP) is 0.00570. The Labute approximate surface area is 193 Å². The van der Waals surface area contributed by atoms with Gasteiger partial charge in [0.05, 0.1) is 0 Å². The van der Waals surface area contributed by atoms with Gasteiger partial charge in [-0.3, -0.25) is 0 Å².